The Bertz CT molecular complexity index is 815. The van der Waals surface area contributed by atoms with E-state index >= 15 is 0 Å². The van der Waals surface area contributed by atoms with Crippen LogP contribution < -0.4 is 5.56 Å². The van der Waals surface area contributed by atoms with Crippen LogP contribution in [0.1, 0.15) is 11.5 Å². The van der Waals surface area contributed by atoms with E-state index in [2.05, 4.69) is 20.1 Å². The first-order chi connectivity index (χ1) is 9.24. The fourth-order valence-corrected chi connectivity index (χ4v) is 1.80. The molecule has 3 rings (SSSR count). The molecule has 0 aliphatic rings. The lowest BCUT2D eigenvalue weighted by Gasteiger charge is -1.98. The maximum absolute atomic E-state index is 11.9. The summed E-state index contributed by atoms with van der Waals surface area (Å²) in [7, 11) is 1.85. The van der Waals surface area contributed by atoms with Gasteiger partial charge in [-0.1, -0.05) is 0 Å². The highest BCUT2D eigenvalue weighted by molar-refractivity contribution is 5.77. The lowest BCUT2D eigenvalue weighted by Crippen LogP contribution is -2.09. The van der Waals surface area contributed by atoms with Crippen molar-refractivity contribution in [2.45, 2.75) is 0 Å². The van der Waals surface area contributed by atoms with Gasteiger partial charge in [0.2, 0.25) is 0 Å². The Labute approximate surface area is 108 Å². The largest absolute Gasteiger partial charge is 0.306 e. The molecule has 6 nitrogen and oxygen atoms in total. The minimum atomic E-state index is -0.169. The third-order valence-corrected chi connectivity index (χ3v) is 2.80. The fraction of sp³-hybridized carbons (Fsp3) is 0.0769. The van der Waals surface area contributed by atoms with Crippen molar-refractivity contribution in [1.82, 2.24) is 24.7 Å². The van der Waals surface area contributed by atoms with E-state index in [-0.39, 0.29) is 5.56 Å². The van der Waals surface area contributed by atoms with E-state index in [0.717, 1.165) is 5.69 Å². The average molecular weight is 253 g/mol. The second-order valence-corrected chi connectivity index (χ2v) is 4.06. The molecule has 0 radical (unpaired) electrons. The Morgan fingerprint density at radius 1 is 1.26 bits per heavy atom. The second-order valence-electron chi connectivity index (χ2n) is 4.06. The molecular weight excluding hydrogens is 242 g/mol. The van der Waals surface area contributed by atoms with Gasteiger partial charge in [0.25, 0.3) is 5.56 Å². The minimum Gasteiger partial charge on any atom is -0.306 e. The quantitative estimate of drug-likeness (QED) is 0.745. The molecule has 0 unspecified atom stereocenters. The molecule has 6 heteroatoms. The Morgan fingerprint density at radius 2 is 2.16 bits per heavy atom. The van der Waals surface area contributed by atoms with Crippen LogP contribution in [-0.2, 0) is 7.05 Å². The molecule has 3 aromatic rings. The van der Waals surface area contributed by atoms with Gasteiger partial charge >= 0.3 is 0 Å². The van der Waals surface area contributed by atoms with E-state index in [0.29, 0.717) is 16.7 Å². The smallest absolute Gasteiger partial charge is 0.259 e. The first-order valence-electron chi connectivity index (χ1n) is 5.74. The number of hydrogen-bond acceptors (Lipinski definition) is 4. The van der Waals surface area contributed by atoms with Crippen LogP contribution in [-0.4, -0.2) is 24.7 Å². The molecule has 94 valence electrons. The van der Waals surface area contributed by atoms with E-state index in [1.54, 1.807) is 35.4 Å². The van der Waals surface area contributed by atoms with E-state index in [1.165, 1.54) is 0 Å². The fourth-order valence-electron chi connectivity index (χ4n) is 1.80. The molecule has 3 aromatic heterocycles. The van der Waals surface area contributed by atoms with Crippen LogP contribution in [0.3, 0.4) is 0 Å². The molecule has 0 atom stereocenters. The van der Waals surface area contributed by atoms with Crippen LogP contribution in [0.15, 0.2) is 35.5 Å². The predicted octanol–water partition coefficient (Wildman–Crippen LogP) is 1.22. The normalized spacial score (nSPS) is 11.4. The van der Waals surface area contributed by atoms with Crippen molar-refractivity contribution in [1.29, 1.82) is 0 Å². The molecule has 0 aliphatic heterocycles. The Morgan fingerprint density at radius 3 is 2.95 bits per heavy atom. The second kappa shape index (κ2) is 4.49. The molecule has 0 saturated carbocycles. The number of hydrogen-bond donors (Lipinski definition) is 1. The standard InChI is InChI=1S/C13H11N5O/c1-18-9(4-7-15-18)2-3-12-16-11-8-14-6-5-10(11)13(19)17-12/h2-8H,1H3,(H,16,17,19). The van der Waals surface area contributed by atoms with Gasteiger partial charge in [-0.05, 0) is 24.3 Å². The molecule has 0 aromatic carbocycles. The van der Waals surface area contributed by atoms with E-state index in [1.807, 2.05) is 19.2 Å². The number of fused-ring (bicyclic) bond motifs is 1. The summed E-state index contributed by atoms with van der Waals surface area (Å²) in [6, 6.07) is 3.52. The molecule has 0 spiro atoms. The number of aromatic amines is 1. The third-order valence-electron chi connectivity index (χ3n) is 2.80. The van der Waals surface area contributed by atoms with Gasteiger partial charge in [-0.25, -0.2) is 4.98 Å². The summed E-state index contributed by atoms with van der Waals surface area (Å²) in [5.74, 6) is 0.492. The Hall–Kier alpha value is -2.76. The number of H-pyrrole nitrogens is 1. The first-order valence-corrected chi connectivity index (χ1v) is 5.74. The van der Waals surface area contributed by atoms with Gasteiger partial charge in [-0.2, -0.15) is 5.10 Å². The maximum Gasteiger partial charge on any atom is 0.259 e. The number of nitrogens with zero attached hydrogens (tertiary/aromatic N) is 4. The lowest BCUT2D eigenvalue weighted by atomic mass is 10.3. The third kappa shape index (κ3) is 2.15. The summed E-state index contributed by atoms with van der Waals surface area (Å²) in [4.78, 5) is 22.9. The highest BCUT2D eigenvalue weighted by Crippen LogP contribution is 2.06. The summed E-state index contributed by atoms with van der Waals surface area (Å²) >= 11 is 0. The highest BCUT2D eigenvalue weighted by atomic mass is 16.1. The van der Waals surface area contributed by atoms with Gasteiger partial charge in [0.15, 0.2) is 0 Å². The van der Waals surface area contributed by atoms with Gasteiger partial charge in [-0.15, -0.1) is 0 Å². The van der Waals surface area contributed by atoms with Crippen molar-refractivity contribution >= 4 is 23.1 Å². The lowest BCUT2D eigenvalue weighted by molar-refractivity contribution is 0.760. The van der Waals surface area contributed by atoms with Crippen molar-refractivity contribution in [3.05, 3.63) is 52.6 Å². The van der Waals surface area contributed by atoms with Crippen LogP contribution in [0.5, 0.6) is 0 Å². The molecule has 0 fully saturated rings. The van der Waals surface area contributed by atoms with Gasteiger partial charge < -0.3 is 4.98 Å². The number of aromatic nitrogens is 5. The average Bonchev–Trinajstić information content (AvgIpc) is 2.82. The molecule has 0 amide bonds. The van der Waals surface area contributed by atoms with E-state index in [9.17, 15) is 4.79 Å². The van der Waals surface area contributed by atoms with Crippen molar-refractivity contribution in [3.8, 4) is 0 Å². The van der Waals surface area contributed by atoms with Crippen LogP contribution in [0.4, 0.5) is 0 Å². The van der Waals surface area contributed by atoms with E-state index < -0.39 is 0 Å². The molecular formula is C13H11N5O. The summed E-state index contributed by atoms with van der Waals surface area (Å²) in [5, 5.41) is 4.59. The van der Waals surface area contributed by atoms with Crippen molar-refractivity contribution < 1.29 is 0 Å². The van der Waals surface area contributed by atoms with Crippen molar-refractivity contribution in [3.63, 3.8) is 0 Å². The van der Waals surface area contributed by atoms with Gasteiger partial charge in [0, 0.05) is 19.4 Å². The molecule has 0 aliphatic carbocycles. The summed E-state index contributed by atoms with van der Waals surface area (Å²) in [6.07, 6.45) is 8.44. The van der Waals surface area contributed by atoms with Crippen LogP contribution in [0, 0.1) is 0 Å². The summed E-state index contributed by atoms with van der Waals surface area (Å²) in [6.45, 7) is 0. The first kappa shape index (κ1) is 11.3. The topological polar surface area (TPSA) is 76.5 Å². The summed E-state index contributed by atoms with van der Waals surface area (Å²) < 4.78 is 1.73. The molecule has 0 bridgehead atoms. The van der Waals surface area contributed by atoms with Crippen LogP contribution >= 0.6 is 0 Å². The maximum atomic E-state index is 11.9. The van der Waals surface area contributed by atoms with Gasteiger partial charge in [0.1, 0.15) is 5.82 Å². The zero-order valence-electron chi connectivity index (χ0n) is 10.2. The van der Waals surface area contributed by atoms with Crippen LogP contribution in [0.2, 0.25) is 0 Å². The SMILES string of the molecule is Cn1nccc1C=Cc1nc2cnccc2c(=O)[nH]1. The Kier molecular flexibility index (Phi) is 2.68. The molecule has 3 heterocycles. The predicted molar refractivity (Wildman–Crippen MR) is 72.3 cm³/mol. The minimum absolute atomic E-state index is 0.169. The highest BCUT2D eigenvalue weighted by Gasteiger charge is 2.01. The number of pyridine rings is 1. The molecule has 19 heavy (non-hydrogen) atoms. The zero-order valence-corrected chi connectivity index (χ0v) is 10.2. The van der Waals surface area contributed by atoms with Gasteiger partial charge in [-0.3, -0.25) is 14.5 Å². The molecule has 1 N–H and O–H groups in total. The number of rotatable bonds is 2. The summed E-state index contributed by atoms with van der Waals surface area (Å²) in [5.41, 5.74) is 1.34. The van der Waals surface area contributed by atoms with Crippen molar-refractivity contribution in [2.24, 2.45) is 7.05 Å². The number of nitrogens with one attached hydrogen (secondary N) is 1. The van der Waals surface area contributed by atoms with E-state index in [4.69, 9.17) is 0 Å². The van der Waals surface area contributed by atoms with Gasteiger partial charge in [0.05, 0.1) is 22.8 Å². The Balaban J connectivity index is 2.05. The van der Waals surface area contributed by atoms with Crippen LogP contribution in [0.25, 0.3) is 23.1 Å². The zero-order chi connectivity index (χ0) is 13.2. The molecule has 0 saturated heterocycles. The number of aryl methyl sites for hydroxylation is 1. The monoisotopic (exact) mass is 253 g/mol. The van der Waals surface area contributed by atoms with Crippen molar-refractivity contribution in [2.75, 3.05) is 0 Å².